The maximum absolute atomic E-state index is 9.86. The summed E-state index contributed by atoms with van der Waals surface area (Å²) in [5.41, 5.74) is 12.0. The quantitative estimate of drug-likeness (QED) is 0.706. The number of rotatable bonds is 5. The van der Waals surface area contributed by atoms with Gasteiger partial charge in [-0.3, -0.25) is 0 Å². The van der Waals surface area contributed by atoms with Crippen LogP contribution < -0.4 is 15.4 Å². The van der Waals surface area contributed by atoms with Crippen molar-refractivity contribution in [1.29, 1.82) is 5.26 Å². The van der Waals surface area contributed by atoms with Gasteiger partial charge >= 0.3 is 6.01 Å². The molecule has 6 nitrogen and oxygen atoms in total. The Hall–Kier alpha value is -2.81. The second kappa shape index (κ2) is 8.74. The summed E-state index contributed by atoms with van der Waals surface area (Å²) in [7, 11) is 1.63. The number of fused-ring (bicyclic) bond motifs is 1. The van der Waals surface area contributed by atoms with Crippen LogP contribution in [-0.2, 0) is 12.8 Å². The first-order valence-corrected chi connectivity index (χ1v) is 11.5. The molecule has 1 aromatic carbocycles. The molecule has 1 saturated heterocycles. The fourth-order valence-corrected chi connectivity index (χ4v) is 5.44. The van der Waals surface area contributed by atoms with E-state index in [4.69, 9.17) is 20.4 Å². The lowest BCUT2D eigenvalue weighted by Crippen LogP contribution is -2.29. The van der Waals surface area contributed by atoms with Crippen LogP contribution in [0, 0.1) is 11.3 Å². The van der Waals surface area contributed by atoms with Gasteiger partial charge in [0.05, 0.1) is 18.4 Å². The molecule has 1 fully saturated rings. The van der Waals surface area contributed by atoms with Crippen molar-refractivity contribution >= 4 is 11.5 Å². The second-order valence-electron chi connectivity index (χ2n) is 9.02. The third-order valence-electron chi connectivity index (χ3n) is 7.16. The lowest BCUT2D eigenvalue weighted by molar-refractivity contribution is 0.376. The summed E-state index contributed by atoms with van der Waals surface area (Å²) in [6, 6.07) is 7.28. The SMILES string of the molecule is CCc1c(CC2CCC(C)c3ccc(N)c(C#N)c32)nc(OC)nc1N1CCCC1C. The van der Waals surface area contributed by atoms with Crippen LogP contribution in [0.1, 0.15) is 86.2 Å². The largest absolute Gasteiger partial charge is 0.467 e. The Balaban J connectivity index is 1.80. The molecule has 3 atom stereocenters. The van der Waals surface area contributed by atoms with Gasteiger partial charge in [0.25, 0.3) is 0 Å². The van der Waals surface area contributed by atoms with Crippen LogP contribution >= 0.6 is 0 Å². The van der Waals surface area contributed by atoms with E-state index in [2.05, 4.69) is 37.8 Å². The number of nitrogens with zero attached hydrogens (tertiary/aromatic N) is 4. The molecule has 1 aliphatic carbocycles. The van der Waals surface area contributed by atoms with E-state index in [0.717, 1.165) is 49.3 Å². The van der Waals surface area contributed by atoms with Gasteiger partial charge in [-0.25, -0.2) is 0 Å². The highest BCUT2D eigenvalue weighted by molar-refractivity contribution is 5.63. The number of hydrogen-bond donors (Lipinski definition) is 1. The van der Waals surface area contributed by atoms with Crippen LogP contribution in [0.3, 0.4) is 0 Å². The highest BCUT2D eigenvalue weighted by Gasteiger charge is 2.31. The molecule has 0 saturated carbocycles. The standard InChI is InChI=1S/C25H33N5O/c1-5-18-22(28-25(31-4)29-24(18)30-12-6-7-16(30)3)13-17-9-8-15(2)19-10-11-21(27)20(14-26)23(17)19/h10-11,15-17H,5-9,12-13,27H2,1-4H3. The van der Waals surface area contributed by atoms with Crippen LogP contribution in [0.15, 0.2) is 12.1 Å². The van der Waals surface area contributed by atoms with E-state index >= 15 is 0 Å². The third kappa shape index (κ3) is 3.82. The van der Waals surface area contributed by atoms with Crippen molar-refractivity contribution in [3.05, 3.63) is 40.1 Å². The van der Waals surface area contributed by atoms with Gasteiger partial charge in [0.1, 0.15) is 11.9 Å². The average molecular weight is 420 g/mol. The monoisotopic (exact) mass is 419 g/mol. The highest BCUT2D eigenvalue weighted by atomic mass is 16.5. The molecule has 0 amide bonds. The summed E-state index contributed by atoms with van der Waals surface area (Å²) in [6.07, 6.45) is 6.14. The minimum atomic E-state index is 0.220. The maximum atomic E-state index is 9.86. The fraction of sp³-hybridized carbons (Fsp3) is 0.560. The van der Waals surface area contributed by atoms with Crippen molar-refractivity contribution in [3.8, 4) is 12.1 Å². The van der Waals surface area contributed by atoms with Crippen molar-refractivity contribution in [1.82, 2.24) is 9.97 Å². The van der Waals surface area contributed by atoms with E-state index in [1.54, 1.807) is 7.11 Å². The number of ether oxygens (including phenoxy) is 1. The Labute approximate surface area is 185 Å². The lowest BCUT2D eigenvalue weighted by Gasteiger charge is -2.32. The van der Waals surface area contributed by atoms with Crippen molar-refractivity contribution in [3.63, 3.8) is 0 Å². The average Bonchev–Trinajstić information content (AvgIpc) is 3.20. The number of nitriles is 1. The molecule has 6 heteroatoms. The molecule has 2 aromatic rings. The fourth-order valence-electron chi connectivity index (χ4n) is 5.44. The molecule has 31 heavy (non-hydrogen) atoms. The van der Waals surface area contributed by atoms with E-state index in [-0.39, 0.29) is 5.92 Å². The Morgan fingerprint density at radius 3 is 2.68 bits per heavy atom. The predicted octanol–water partition coefficient (Wildman–Crippen LogP) is 4.71. The Kier molecular flexibility index (Phi) is 6.04. The number of anilines is 2. The van der Waals surface area contributed by atoms with Crippen molar-refractivity contribution in [2.45, 2.75) is 77.2 Å². The summed E-state index contributed by atoms with van der Waals surface area (Å²) >= 11 is 0. The zero-order chi connectivity index (χ0) is 22.1. The molecular weight excluding hydrogens is 386 g/mol. The summed E-state index contributed by atoms with van der Waals surface area (Å²) in [5.74, 6) is 1.68. The number of benzene rings is 1. The molecule has 0 spiro atoms. The number of methoxy groups -OCH3 is 1. The van der Waals surface area contributed by atoms with Gasteiger partial charge in [-0.15, -0.1) is 0 Å². The van der Waals surface area contributed by atoms with Crippen LogP contribution in [0.25, 0.3) is 0 Å². The van der Waals surface area contributed by atoms with E-state index in [1.807, 2.05) is 6.07 Å². The lowest BCUT2D eigenvalue weighted by atomic mass is 9.73. The van der Waals surface area contributed by atoms with Crippen LogP contribution in [0.5, 0.6) is 6.01 Å². The van der Waals surface area contributed by atoms with Gasteiger partial charge in [-0.2, -0.15) is 15.2 Å². The molecule has 164 valence electrons. The van der Waals surface area contributed by atoms with Gasteiger partial charge in [0.15, 0.2) is 0 Å². The molecule has 1 aromatic heterocycles. The van der Waals surface area contributed by atoms with Crippen LogP contribution in [-0.4, -0.2) is 29.7 Å². The topological polar surface area (TPSA) is 88.1 Å². The van der Waals surface area contributed by atoms with E-state index in [0.29, 0.717) is 29.2 Å². The first-order valence-electron chi connectivity index (χ1n) is 11.5. The third-order valence-corrected chi connectivity index (χ3v) is 7.16. The minimum absolute atomic E-state index is 0.220. The molecule has 2 N–H and O–H groups in total. The maximum Gasteiger partial charge on any atom is 0.318 e. The molecular formula is C25H33N5O. The Bertz CT molecular complexity index is 1010. The number of nitrogens with two attached hydrogens (primary N) is 1. The van der Waals surface area contributed by atoms with Gasteiger partial charge < -0.3 is 15.4 Å². The Morgan fingerprint density at radius 2 is 2.03 bits per heavy atom. The summed E-state index contributed by atoms with van der Waals surface area (Å²) in [6.45, 7) is 7.70. The van der Waals surface area contributed by atoms with E-state index in [1.165, 1.54) is 24.0 Å². The van der Waals surface area contributed by atoms with Crippen molar-refractivity contribution in [2.24, 2.45) is 0 Å². The van der Waals surface area contributed by atoms with Gasteiger partial charge in [0, 0.05) is 23.8 Å². The number of hydrogen-bond acceptors (Lipinski definition) is 6. The molecule has 1 aliphatic heterocycles. The molecule has 0 bridgehead atoms. The Morgan fingerprint density at radius 1 is 1.23 bits per heavy atom. The molecule has 2 aliphatic rings. The van der Waals surface area contributed by atoms with E-state index in [9.17, 15) is 5.26 Å². The van der Waals surface area contributed by atoms with Crippen molar-refractivity contribution in [2.75, 3.05) is 24.3 Å². The highest BCUT2D eigenvalue weighted by Crippen LogP contribution is 2.44. The van der Waals surface area contributed by atoms with Gasteiger partial charge in [-0.1, -0.05) is 19.9 Å². The normalized spacial score (nSPS) is 22.8. The van der Waals surface area contributed by atoms with Crippen molar-refractivity contribution < 1.29 is 4.74 Å². The summed E-state index contributed by atoms with van der Waals surface area (Å²) in [4.78, 5) is 12.0. The number of nitrogen functional groups attached to an aromatic ring is 1. The van der Waals surface area contributed by atoms with Gasteiger partial charge in [-0.05, 0) is 74.5 Å². The zero-order valence-corrected chi connectivity index (χ0v) is 19.1. The predicted molar refractivity (Wildman–Crippen MR) is 124 cm³/mol. The summed E-state index contributed by atoms with van der Waals surface area (Å²) in [5, 5.41) is 9.86. The second-order valence-corrected chi connectivity index (χ2v) is 9.02. The molecule has 0 radical (unpaired) electrons. The summed E-state index contributed by atoms with van der Waals surface area (Å²) < 4.78 is 5.51. The zero-order valence-electron chi connectivity index (χ0n) is 19.1. The number of aromatic nitrogens is 2. The molecule has 4 rings (SSSR count). The van der Waals surface area contributed by atoms with E-state index < -0.39 is 0 Å². The molecule has 2 heterocycles. The first-order chi connectivity index (χ1) is 15.0. The van der Waals surface area contributed by atoms with Crippen LogP contribution in [0.2, 0.25) is 0 Å². The first kappa shape index (κ1) is 21.4. The molecule has 3 unspecified atom stereocenters. The van der Waals surface area contributed by atoms with Gasteiger partial charge in [0.2, 0.25) is 0 Å². The van der Waals surface area contributed by atoms with Crippen LogP contribution in [0.4, 0.5) is 11.5 Å². The minimum Gasteiger partial charge on any atom is -0.467 e. The smallest absolute Gasteiger partial charge is 0.318 e.